The van der Waals surface area contributed by atoms with E-state index in [1.54, 1.807) is 13.0 Å². The first-order valence-corrected chi connectivity index (χ1v) is 8.25. The summed E-state index contributed by atoms with van der Waals surface area (Å²) in [5.41, 5.74) is 1.92. The van der Waals surface area contributed by atoms with Crippen LogP contribution in [0.4, 0.5) is 0 Å². The van der Waals surface area contributed by atoms with Crippen LogP contribution in [0.1, 0.15) is 23.0 Å². The van der Waals surface area contributed by atoms with Gasteiger partial charge in [0.1, 0.15) is 17.9 Å². The number of carbonyl (C=O) groups excluding carboxylic acids is 2. The number of fused-ring (bicyclic) bond motifs is 2. The average Bonchev–Trinajstić information content (AvgIpc) is 3.25. The molecule has 1 aromatic carbocycles. The molecule has 3 aromatic rings. The van der Waals surface area contributed by atoms with Gasteiger partial charge in [0, 0.05) is 11.6 Å². The minimum absolute atomic E-state index is 0.117. The predicted molar refractivity (Wildman–Crippen MR) is 92.7 cm³/mol. The molecular weight excluding hydrogens is 336 g/mol. The van der Waals surface area contributed by atoms with Crippen molar-refractivity contribution in [2.24, 2.45) is 0 Å². The van der Waals surface area contributed by atoms with E-state index in [1.807, 2.05) is 30.3 Å². The molecule has 0 spiro atoms. The molecule has 26 heavy (non-hydrogen) atoms. The minimum atomic E-state index is -0.484. The number of nitrogens with one attached hydrogen (secondary N) is 1. The van der Waals surface area contributed by atoms with E-state index in [9.17, 15) is 14.4 Å². The summed E-state index contributed by atoms with van der Waals surface area (Å²) < 4.78 is 7.75. The molecule has 0 saturated heterocycles. The van der Waals surface area contributed by atoms with Gasteiger partial charge in [0.15, 0.2) is 0 Å². The van der Waals surface area contributed by atoms with E-state index in [0.29, 0.717) is 16.9 Å². The van der Waals surface area contributed by atoms with Gasteiger partial charge in [0.2, 0.25) is 0 Å². The molecule has 4 rings (SSSR count). The Bertz CT molecular complexity index is 1080. The Morgan fingerprint density at radius 3 is 2.77 bits per heavy atom. The van der Waals surface area contributed by atoms with Crippen molar-refractivity contribution in [3.8, 4) is 11.3 Å². The number of amides is 1. The van der Waals surface area contributed by atoms with Gasteiger partial charge in [-0.3, -0.25) is 14.4 Å². The lowest BCUT2D eigenvalue weighted by Crippen LogP contribution is -2.28. The van der Waals surface area contributed by atoms with E-state index in [2.05, 4.69) is 10.4 Å². The lowest BCUT2D eigenvalue weighted by molar-refractivity contribution is -0.143. The molecule has 1 aliphatic heterocycles. The highest BCUT2D eigenvalue weighted by Crippen LogP contribution is 2.22. The maximum Gasteiger partial charge on any atom is 0.326 e. The fraction of sp³-hybridized carbons (Fsp3) is 0.222. The normalized spacial score (nSPS) is 12.9. The third-order valence-corrected chi connectivity index (χ3v) is 4.28. The fourth-order valence-corrected chi connectivity index (χ4v) is 3.14. The molecule has 132 valence electrons. The summed E-state index contributed by atoms with van der Waals surface area (Å²) in [5.74, 6) is -0.867. The zero-order valence-corrected chi connectivity index (χ0v) is 14.1. The maximum atomic E-state index is 12.8. The molecule has 8 nitrogen and oxygen atoms in total. The maximum absolute atomic E-state index is 12.8. The van der Waals surface area contributed by atoms with E-state index in [4.69, 9.17) is 4.74 Å². The second-order valence-corrected chi connectivity index (χ2v) is 5.87. The van der Waals surface area contributed by atoms with Crippen molar-refractivity contribution in [3.05, 3.63) is 58.0 Å². The summed E-state index contributed by atoms with van der Waals surface area (Å²) in [7, 11) is 0. The first-order valence-electron chi connectivity index (χ1n) is 8.25. The fourth-order valence-electron chi connectivity index (χ4n) is 3.14. The van der Waals surface area contributed by atoms with Gasteiger partial charge in [0.05, 0.1) is 24.4 Å². The monoisotopic (exact) mass is 352 g/mol. The van der Waals surface area contributed by atoms with Crippen LogP contribution in [0, 0.1) is 0 Å². The van der Waals surface area contributed by atoms with Gasteiger partial charge in [-0.25, -0.2) is 0 Å². The van der Waals surface area contributed by atoms with Gasteiger partial charge in [-0.2, -0.15) is 9.61 Å². The summed E-state index contributed by atoms with van der Waals surface area (Å²) >= 11 is 0. The zero-order valence-electron chi connectivity index (χ0n) is 14.1. The summed E-state index contributed by atoms with van der Waals surface area (Å²) in [5, 5.41) is 7.02. The van der Waals surface area contributed by atoms with Gasteiger partial charge < -0.3 is 14.6 Å². The van der Waals surface area contributed by atoms with Gasteiger partial charge in [-0.1, -0.05) is 30.3 Å². The smallest absolute Gasteiger partial charge is 0.326 e. The average molecular weight is 352 g/mol. The van der Waals surface area contributed by atoms with Crippen LogP contribution in [0.3, 0.4) is 0 Å². The first kappa shape index (κ1) is 16.1. The van der Waals surface area contributed by atoms with Crippen molar-refractivity contribution in [3.63, 3.8) is 0 Å². The number of benzene rings is 1. The highest BCUT2D eigenvalue weighted by Gasteiger charge is 2.29. The number of nitrogens with zero attached hydrogens (tertiary/aromatic N) is 3. The highest BCUT2D eigenvalue weighted by molar-refractivity contribution is 5.97. The number of aromatic nitrogens is 3. The number of hydrogen-bond acceptors (Lipinski definition) is 5. The van der Waals surface area contributed by atoms with Crippen LogP contribution in [-0.2, 0) is 22.6 Å². The molecule has 1 N–H and O–H groups in total. The largest absolute Gasteiger partial charge is 0.465 e. The van der Waals surface area contributed by atoms with Crippen LogP contribution in [0.2, 0.25) is 0 Å². The first-order chi connectivity index (χ1) is 12.6. The summed E-state index contributed by atoms with van der Waals surface area (Å²) in [6.07, 6.45) is 0. The second kappa shape index (κ2) is 6.14. The van der Waals surface area contributed by atoms with Gasteiger partial charge in [-0.15, -0.1) is 0 Å². The van der Waals surface area contributed by atoms with E-state index in [-0.39, 0.29) is 36.9 Å². The number of hydrogen-bond donors (Lipinski definition) is 1. The lowest BCUT2D eigenvalue weighted by atomic mass is 10.1. The Hall–Kier alpha value is -3.42. The molecular formula is C18H16N4O4. The second-order valence-electron chi connectivity index (χ2n) is 5.87. The van der Waals surface area contributed by atoms with Crippen molar-refractivity contribution >= 4 is 17.5 Å². The number of esters is 1. The Labute approximate surface area is 148 Å². The summed E-state index contributed by atoms with van der Waals surface area (Å²) in [6, 6.07) is 11.1. The van der Waals surface area contributed by atoms with Crippen molar-refractivity contribution in [1.82, 2.24) is 19.5 Å². The van der Waals surface area contributed by atoms with E-state index >= 15 is 0 Å². The van der Waals surface area contributed by atoms with Crippen LogP contribution in [-0.4, -0.2) is 32.7 Å². The Balaban J connectivity index is 1.97. The van der Waals surface area contributed by atoms with Gasteiger partial charge in [0.25, 0.3) is 11.5 Å². The molecule has 3 heterocycles. The molecule has 2 aromatic heterocycles. The molecule has 0 unspecified atom stereocenters. The predicted octanol–water partition coefficient (Wildman–Crippen LogP) is 0.969. The molecule has 0 atom stereocenters. The van der Waals surface area contributed by atoms with Crippen molar-refractivity contribution in [1.29, 1.82) is 0 Å². The Morgan fingerprint density at radius 2 is 2.04 bits per heavy atom. The molecule has 0 saturated carbocycles. The van der Waals surface area contributed by atoms with Crippen LogP contribution in [0.25, 0.3) is 16.9 Å². The molecule has 1 aliphatic rings. The minimum Gasteiger partial charge on any atom is -0.465 e. The molecule has 8 heteroatoms. The third kappa shape index (κ3) is 2.46. The standard InChI is InChI=1S/C18H16N4O4/c1-2-26-15(23)10-21-14-8-13(11-6-4-3-5-7-11)20-22(14)18(25)12-9-19-17(24)16(12)21/h3-8H,2,9-10H2,1H3,(H,19,24). The number of rotatable bonds is 4. The number of carbonyl (C=O) groups is 2. The van der Waals surface area contributed by atoms with Gasteiger partial charge >= 0.3 is 5.97 Å². The molecule has 0 radical (unpaired) electrons. The van der Waals surface area contributed by atoms with Crippen LogP contribution < -0.4 is 10.9 Å². The Morgan fingerprint density at radius 1 is 1.27 bits per heavy atom. The van der Waals surface area contributed by atoms with E-state index < -0.39 is 5.97 Å². The molecule has 0 bridgehead atoms. The third-order valence-electron chi connectivity index (χ3n) is 4.28. The zero-order chi connectivity index (χ0) is 18.3. The van der Waals surface area contributed by atoms with Crippen LogP contribution in [0.5, 0.6) is 0 Å². The van der Waals surface area contributed by atoms with Crippen molar-refractivity contribution < 1.29 is 14.3 Å². The van der Waals surface area contributed by atoms with Gasteiger partial charge in [-0.05, 0) is 6.92 Å². The van der Waals surface area contributed by atoms with E-state index in [1.165, 1.54) is 9.08 Å². The van der Waals surface area contributed by atoms with Crippen LogP contribution >= 0.6 is 0 Å². The SMILES string of the molecule is CCOC(=O)Cn1c2c(c(=O)n3nc(-c4ccccc4)cc13)CNC2=O. The van der Waals surface area contributed by atoms with E-state index in [0.717, 1.165) is 5.56 Å². The van der Waals surface area contributed by atoms with Crippen molar-refractivity contribution in [2.45, 2.75) is 20.0 Å². The highest BCUT2D eigenvalue weighted by atomic mass is 16.5. The quantitative estimate of drug-likeness (QED) is 0.706. The number of ether oxygens (including phenoxy) is 1. The molecule has 1 amide bonds. The summed E-state index contributed by atoms with van der Waals surface area (Å²) in [4.78, 5) is 37.0. The van der Waals surface area contributed by atoms with Crippen LogP contribution in [0.15, 0.2) is 41.2 Å². The molecule has 0 aliphatic carbocycles. The topological polar surface area (TPSA) is 94.7 Å². The Kier molecular flexibility index (Phi) is 3.80. The molecule has 0 fully saturated rings. The lowest BCUT2D eigenvalue weighted by Gasteiger charge is -2.12. The van der Waals surface area contributed by atoms with Crippen molar-refractivity contribution in [2.75, 3.05) is 6.61 Å². The summed E-state index contributed by atoms with van der Waals surface area (Å²) in [6.45, 7) is 1.89.